The van der Waals surface area contributed by atoms with Crippen LogP contribution in [0.4, 0.5) is 5.69 Å². The van der Waals surface area contributed by atoms with Crippen molar-refractivity contribution in [3.05, 3.63) is 29.8 Å². The summed E-state index contributed by atoms with van der Waals surface area (Å²) in [5.74, 6) is 0. The molecule has 0 bridgehead atoms. The quantitative estimate of drug-likeness (QED) is 0.719. The van der Waals surface area contributed by atoms with Crippen LogP contribution in [-0.2, 0) is 0 Å². The van der Waals surface area contributed by atoms with E-state index in [0.717, 1.165) is 19.6 Å². The van der Waals surface area contributed by atoms with Crippen molar-refractivity contribution in [2.45, 2.75) is 20.3 Å². The van der Waals surface area contributed by atoms with Crippen LogP contribution in [-0.4, -0.2) is 26.7 Å². The minimum atomic E-state index is 1.05. The highest BCUT2D eigenvalue weighted by Crippen LogP contribution is 2.13. The molecule has 0 aliphatic carbocycles. The summed E-state index contributed by atoms with van der Waals surface area (Å²) in [7, 11) is 2.14. The maximum atomic E-state index is 3.41. The van der Waals surface area contributed by atoms with E-state index in [1.165, 1.54) is 17.7 Å². The summed E-state index contributed by atoms with van der Waals surface area (Å²) in [5, 5.41) is 3.41. The van der Waals surface area contributed by atoms with E-state index in [-0.39, 0.29) is 0 Å². The molecule has 0 saturated carbocycles. The number of hydrogen-bond donors (Lipinski definition) is 1. The summed E-state index contributed by atoms with van der Waals surface area (Å²) in [6.07, 6.45) is 1.20. The Balaban J connectivity index is 2.36. The van der Waals surface area contributed by atoms with Crippen LogP contribution < -0.4 is 10.2 Å². The number of nitrogens with zero attached hydrogens (tertiary/aromatic N) is 1. The maximum absolute atomic E-state index is 3.41. The van der Waals surface area contributed by atoms with Gasteiger partial charge in [-0.05, 0) is 37.6 Å². The fraction of sp³-hybridized carbons (Fsp3) is 0.538. The number of likely N-dealkylation sites (N-methyl/N-ethyl adjacent to an activating group) is 1. The van der Waals surface area contributed by atoms with E-state index in [9.17, 15) is 0 Å². The number of nitrogens with one attached hydrogen (secondary N) is 1. The average molecular weight is 206 g/mol. The van der Waals surface area contributed by atoms with E-state index in [2.05, 4.69) is 55.4 Å². The molecule has 1 N–H and O–H groups in total. The van der Waals surface area contributed by atoms with Gasteiger partial charge in [-0.3, -0.25) is 0 Å². The second-order valence-electron chi connectivity index (χ2n) is 4.01. The first-order valence-corrected chi connectivity index (χ1v) is 5.72. The van der Waals surface area contributed by atoms with Crippen molar-refractivity contribution in [3.8, 4) is 0 Å². The molecule has 0 atom stereocenters. The minimum absolute atomic E-state index is 1.05. The van der Waals surface area contributed by atoms with Crippen molar-refractivity contribution in [1.29, 1.82) is 0 Å². The lowest BCUT2D eigenvalue weighted by Gasteiger charge is -2.19. The molecule has 15 heavy (non-hydrogen) atoms. The molecular weight excluding hydrogens is 184 g/mol. The summed E-state index contributed by atoms with van der Waals surface area (Å²) in [6.45, 7) is 7.55. The lowest BCUT2D eigenvalue weighted by atomic mass is 10.2. The highest BCUT2D eigenvalue weighted by atomic mass is 15.1. The molecule has 0 saturated heterocycles. The first kappa shape index (κ1) is 12.1. The third-order valence-corrected chi connectivity index (χ3v) is 2.49. The van der Waals surface area contributed by atoms with Gasteiger partial charge < -0.3 is 10.2 Å². The Kier molecular flexibility index (Phi) is 5.19. The molecule has 1 aromatic rings. The molecular formula is C13H22N2. The van der Waals surface area contributed by atoms with E-state index in [1.807, 2.05) is 0 Å². The number of hydrogen-bond acceptors (Lipinski definition) is 2. The number of benzene rings is 1. The second kappa shape index (κ2) is 6.46. The molecule has 2 nitrogen and oxygen atoms in total. The van der Waals surface area contributed by atoms with Crippen LogP contribution >= 0.6 is 0 Å². The summed E-state index contributed by atoms with van der Waals surface area (Å²) in [6, 6.07) is 8.62. The highest BCUT2D eigenvalue weighted by molar-refractivity contribution is 5.47. The van der Waals surface area contributed by atoms with Gasteiger partial charge in [0.15, 0.2) is 0 Å². The normalized spacial score (nSPS) is 10.3. The van der Waals surface area contributed by atoms with Crippen LogP contribution in [0.3, 0.4) is 0 Å². The summed E-state index contributed by atoms with van der Waals surface area (Å²) in [5.41, 5.74) is 2.62. The van der Waals surface area contributed by atoms with Crippen LogP contribution in [0.1, 0.15) is 18.9 Å². The molecule has 2 heteroatoms. The van der Waals surface area contributed by atoms with Gasteiger partial charge in [0.1, 0.15) is 0 Å². The molecule has 1 aromatic carbocycles. The Labute approximate surface area is 93.3 Å². The molecule has 0 spiro atoms. The van der Waals surface area contributed by atoms with Crippen LogP contribution in [0.25, 0.3) is 0 Å². The molecule has 0 aliphatic heterocycles. The van der Waals surface area contributed by atoms with Gasteiger partial charge in [-0.15, -0.1) is 0 Å². The lowest BCUT2D eigenvalue weighted by molar-refractivity contribution is 0.666. The average Bonchev–Trinajstić information content (AvgIpc) is 2.24. The monoisotopic (exact) mass is 206 g/mol. The largest absolute Gasteiger partial charge is 0.373 e. The van der Waals surface area contributed by atoms with E-state index in [4.69, 9.17) is 0 Å². The molecule has 0 unspecified atom stereocenters. The van der Waals surface area contributed by atoms with Gasteiger partial charge in [0.2, 0.25) is 0 Å². The summed E-state index contributed by atoms with van der Waals surface area (Å²) < 4.78 is 0. The van der Waals surface area contributed by atoms with Crippen molar-refractivity contribution in [3.63, 3.8) is 0 Å². The zero-order valence-corrected chi connectivity index (χ0v) is 10.1. The Morgan fingerprint density at radius 2 is 2.07 bits per heavy atom. The minimum Gasteiger partial charge on any atom is -0.373 e. The number of rotatable bonds is 6. The Hall–Kier alpha value is -1.02. The van der Waals surface area contributed by atoms with Gasteiger partial charge >= 0.3 is 0 Å². The fourth-order valence-electron chi connectivity index (χ4n) is 1.54. The first-order chi connectivity index (χ1) is 7.24. The first-order valence-electron chi connectivity index (χ1n) is 5.72. The summed E-state index contributed by atoms with van der Waals surface area (Å²) in [4.78, 5) is 2.29. The molecule has 0 aromatic heterocycles. The van der Waals surface area contributed by atoms with Gasteiger partial charge in [-0.25, -0.2) is 0 Å². The molecule has 0 fully saturated rings. The highest BCUT2D eigenvalue weighted by Gasteiger charge is 1.99. The van der Waals surface area contributed by atoms with Crippen molar-refractivity contribution in [2.75, 3.05) is 31.6 Å². The topological polar surface area (TPSA) is 15.3 Å². The van der Waals surface area contributed by atoms with Gasteiger partial charge in [0.05, 0.1) is 0 Å². The standard InChI is InChI=1S/C13H22N2/c1-4-8-14-9-10-15(3)13-7-5-6-12(2)11-13/h5-7,11,14H,4,8-10H2,1-3H3. The van der Waals surface area contributed by atoms with Crippen molar-refractivity contribution >= 4 is 5.69 Å². The SMILES string of the molecule is CCCNCCN(C)c1cccc(C)c1. The van der Waals surface area contributed by atoms with Crippen molar-refractivity contribution < 1.29 is 0 Å². The van der Waals surface area contributed by atoms with Gasteiger partial charge in [-0.2, -0.15) is 0 Å². The predicted molar refractivity (Wildman–Crippen MR) is 67.6 cm³/mol. The Morgan fingerprint density at radius 3 is 2.73 bits per heavy atom. The predicted octanol–water partition coefficient (Wildman–Crippen LogP) is 2.43. The number of aryl methyl sites for hydroxylation is 1. The third kappa shape index (κ3) is 4.34. The fourth-order valence-corrected chi connectivity index (χ4v) is 1.54. The van der Waals surface area contributed by atoms with Crippen molar-refractivity contribution in [1.82, 2.24) is 5.32 Å². The van der Waals surface area contributed by atoms with Gasteiger partial charge in [0.25, 0.3) is 0 Å². The lowest BCUT2D eigenvalue weighted by Crippen LogP contribution is -2.29. The summed E-state index contributed by atoms with van der Waals surface area (Å²) >= 11 is 0. The molecule has 0 aliphatic rings. The van der Waals surface area contributed by atoms with Crippen LogP contribution in [0.5, 0.6) is 0 Å². The number of anilines is 1. The molecule has 1 rings (SSSR count). The van der Waals surface area contributed by atoms with Gasteiger partial charge in [-0.1, -0.05) is 19.1 Å². The van der Waals surface area contributed by atoms with Crippen LogP contribution in [0.15, 0.2) is 24.3 Å². The Morgan fingerprint density at radius 1 is 1.27 bits per heavy atom. The molecule has 84 valence electrons. The van der Waals surface area contributed by atoms with Crippen LogP contribution in [0.2, 0.25) is 0 Å². The van der Waals surface area contributed by atoms with E-state index in [0.29, 0.717) is 0 Å². The zero-order chi connectivity index (χ0) is 11.1. The molecule has 0 radical (unpaired) electrons. The van der Waals surface area contributed by atoms with E-state index >= 15 is 0 Å². The zero-order valence-electron chi connectivity index (χ0n) is 10.1. The smallest absolute Gasteiger partial charge is 0.0366 e. The maximum Gasteiger partial charge on any atom is 0.0366 e. The molecule has 0 heterocycles. The third-order valence-electron chi connectivity index (χ3n) is 2.49. The van der Waals surface area contributed by atoms with Crippen molar-refractivity contribution in [2.24, 2.45) is 0 Å². The molecule has 0 amide bonds. The van der Waals surface area contributed by atoms with Crippen LogP contribution in [0, 0.1) is 6.92 Å². The van der Waals surface area contributed by atoms with Gasteiger partial charge in [0, 0.05) is 25.8 Å². The second-order valence-corrected chi connectivity index (χ2v) is 4.01. The van der Waals surface area contributed by atoms with E-state index < -0.39 is 0 Å². The Bertz CT molecular complexity index is 284. The van der Waals surface area contributed by atoms with E-state index in [1.54, 1.807) is 0 Å².